The number of hydrogen-bond acceptors (Lipinski definition) is 3. The first-order chi connectivity index (χ1) is 7.75. The summed E-state index contributed by atoms with van der Waals surface area (Å²) < 4.78 is 0. The maximum absolute atomic E-state index is 2.76. The van der Waals surface area contributed by atoms with Gasteiger partial charge in [-0.15, -0.1) is 0 Å². The zero-order valence-electron chi connectivity index (χ0n) is 11.0. The predicted molar refractivity (Wildman–Crippen MR) is 68.8 cm³/mol. The Bertz CT molecular complexity index is 189. The molecular formula is C13H27N3. The molecule has 0 radical (unpaired) electrons. The lowest BCUT2D eigenvalue weighted by atomic mass is 10.0. The van der Waals surface area contributed by atoms with Crippen LogP contribution in [0.5, 0.6) is 0 Å². The second-order valence-electron chi connectivity index (χ2n) is 5.58. The Morgan fingerprint density at radius 3 is 1.75 bits per heavy atom. The minimum absolute atomic E-state index is 0.875. The third kappa shape index (κ3) is 3.44. The van der Waals surface area contributed by atoms with Crippen LogP contribution < -0.4 is 0 Å². The molecule has 0 saturated carbocycles. The van der Waals surface area contributed by atoms with Crippen molar-refractivity contribution in [2.24, 2.45) is 0 Å². The van der Waals surface area contributed by atoms with Crippen LogP contribution in [0, 0.1) is 0 Å². The van der Waals surface area contributed by atoms with Gasteiger partial charge in [-0.05, 0) is 79.0 Å². The molecule has 0 bridgehead atoms. The van der Waals surface area contributed by atoms with E-state index in [1.165, 1.54) is 65.0 Å². The van der Waals surface area contributed by atoms with E-state index in [-0.39, 0.29) is 0 Å². The molecule has 16 heavy (non-hydrogen) atoms. The van der Waals surface area contributed by atoms with Crippen LogP contribution in [0.1, 0.15) is 25.7 Å². The summed E-state index contributed by atoms with van der Waals surface area (Å²) in [5.41, 5.74) is 0. The van der Waals surface area contributed by atoms with Crippen molar-refractivity contribution in [3.05, 3.63) is 0 Å². The highest BCUT2D eigenvalue weighted by atomic mass is 15.2. The summed E-state index contributed by atoms with van der Waals surface area (Å²) in [7, 11) is 4.50. The van der Waals surface area contributed by atoms with Gasteiger partial charge in [0.2, 0.25) is 0 Å². The zero-order valence-corrected chi connectivity index (χ0v) is 11.0. The first-order valence-electron chi connectivity index (χ1n) is 6.87. The molecular weight excluding hydrogens is 198 g/mol. The summed E-state index contributed by atoms with van der Waals surface area (Å²) in [5.74, 6) is 0. The molecule has 3 heteroatoms. The van der Waals surface area contributed by atoms with Crippen molar-refractivity contribution >= 4 is 0 Å². The lowest BCUT2D eigenvalue weighted by molar-refractivity contribution is 0.102. The minimum Gasteiger partial charge on any atom is -0.306 e. The normalized spacial score (nSPS) is 28.9. The highest BCUT2D eigenvalue weighted by Crippen LogP contribution is 2.17. The van der Waals surface area contributed by atoms with E-state index in [1.807, 2.05) is 0 Å². The molecule has 0 aromatic rings. The standard InChI is InChI=1S/C13H27N3/c1-14-7-3-9-16(10-4-8-14)13-5-11-15(2)12-6-13/h13H,3-12H2,1-2H3. The fourth-order valence-corrected chi connectivity index (χ4v) is 3.04. The van der Waals surface area contributed by atoms with E-state index >= 15 is 0 Å². The summed E-state index contributed by atoms with van der Waals surface area (Å²) in [6.45, 7) is 7.78. The maximum Gasteiger partial charge on any atom is 0.0120 e. The number of likely N-dealkylation sites (tertiary alicyclic amines) is 1. The van der Waals surface area contributed by atoms with Crippen LogP contribution in [0.2, 0.25) is 0 Å². The van der Waals surface area contributed by atoms with Gasteiger partial charge in [-0.1, -0.05) is 0 Å². The SMILES string of the molecule is CN1CCCN(C2CCN(C)CC2)CCC1. The molecule has 0 aliphatic carbocycles. The van der Waals surface area contributed by atoms with E-state index in [2.05, 4.69) is 28.8 Å². The molecule has 2 fully saturated rings. The van der Waals surface area contributed by atoms with Crippen molar-refractivity contribution in [1.29, 1.82) is 0 Å². The van der Waals surface area contributed by atoms with Crippen molar-refractivity contribution in [3.63, 3.8) is 0 Å². The fourth-order valence-electron chi connectivity index (χ4n) is 3.04. The molecule has 0 unspecified atom stereocenters. The topological polar surface area (TPSA) is 9.72 Å². The summed E-state index contributed by atoms with van der Waals surface area (Å²) in [4.78, 5) is 7.71. The number of hydrogen-bond donors (Lipinski definition) is 0. The Morgan fingerprint density at radius 2 is 1.19 bits per heavy atom. The maximum atomic E-state index is 2.76. The van der Waals surface area contributed by atoms with Gasteiger partial charge >= 0.3 is 0 Å². The van der Waals surface area contributed by atoms with Gasteiger partial charge < -0.3 is 14.7 Å². The largest absolute Gasteiger partial charge is 0.306 e. The third-order valence-electron chi connectivity index (χ3n) is 4.17. The van der Waals surface area contributed by atoms with Crippen molar-refractivity contribution in [3.8, 4) is 0 Å². The van der Waals surface area contributed by atoms with Crippen LogP contribution in [0.4, 0.5) is 0 Å². The number of piperidine rings is 1. The van der Waals surface area contributed by atoms with Crippen LogP contribution in [-0.2, 0) is 0 Å². The Balaban J connectivity index is 1.79. The first kappa shape index (κ1) is 12.3. The monoisotopic (exact) mass is 225 g/mol. The van der Waals surface area contributed by atoms with Crippen molar-refractivity contribution in [2.75, 3.05) is 53.4 Å². The van der Waals surface area contributed by atoms with Crippen LogP contribution in [0.3, 0.4) is 0 Å². The lowest BCUT2D eigenvalue weighted by Crippen LogP contribution is -2.46. The zero-order chi connectivity index (χ0) is 11.4. The molecule has 0 spiro atoms. The van der Waals surface area contributed by atoms with Crippen molar-refractivity contribution in [2.45, 2.75) is 31.7 Å². The molecule has 94 valence electrons. The van der Waals surface area contributed by atoms with E-state index in [0.717, 1.165) is 6.04 Å². The number of rotatable bonds is 1. The van der Waals surface area contributed by atoms with Gasteiger partial charge in [0, 0.05) is 6.04 Å². The van der Waals surface area contributed by atoms with Gasteiger partial charge in [0.25, 0.3) is 0 Å². The van der Waals surface area contributed by atoms with E-state index in [0.29, 0.717) is 0 Å². The highest BCUT2D eigenvalue weighted by molar-refractivity contribution is 4.79. The van der Waals surface area contributed by atoms with Crippen LogP contribution >= 0.6 is 0 Å². The van der Waals surface area contributed by atoms with Crippen molar-refractivity contribution in [1.82, 2.24) is 14.7 Å². The summed E-state index contributed by atoms with van der Waals surface area (Å²) in [5, 5.41) is 0. The molecule has 0 aromatic heterocycles. The van der Waals surface area contributed by atoms with E-state index < -0.39 is 0 Å². The van der Waals surface area contributed by atoms with Gasteiger partial charge in [0.05, 0.1) is 0 Å². The van der Waals surface area contributed by atoms with Crippen LogP contribution in [0.15, 0.2) is 0 Å². The molecule has 0 N–H and O–H groups in total. The number of nitrogens with zero attached hydrogens (tertiary/aromatic N) is 3. The Morgan fingerprint density at radius 1 is 0.688 bits per heavy atom. The average molecular weight is 225 g/mol. The van der Waals surface area contributed by atoms with Crippen molar-refractivity contribution < 1.29 is 0 Å². The van der Waals surface area contributed by atoms with Gasteiger partial charge in [0.1, 0.15) is 0 Å². The summed E-state index contributed by atoms with van der Waals surface area (Å²) in [6.07, 6.45) is 5.46. The smallest absolute Gasteiger partial charge is 0.0120 e. The van der Waals surface area contributed by atoms with Gasteiger partial charge in [-0.2, -0.15) is 0 Å². The molecule has 2 saturated heterocycles. The molecule has 2 rings (SSSR count). The second-order valence-corrected chi connectivity index (χ2v) is 5.58. The first-order valence-corrected chi connectivity index (χ1v) is 6.87. The quantitative estimate of drug-likeness (QED) is 0.662. The molecule has 0 atom stereocenters. The van der Waals surface area contributed by atoms with Gasteiger partial charge in [-0.3, -0.25) is 0 Å². The van der Waals surface area contributed by atoms with E-state index in [4.69, 9.17) is 0 Å². The predicted octanol–water partition coefficient (Wildman–Crippen LogP) is 1.11. The van der Waals surface area contributed by atoms with Crippen LogP contribution in [-0.4, -0.2) is 74.1 Å². The Kier molecular flexibility index (Phi) is 4.62. The second kappa shape index (κ2) is 5.99. The third-order valence-corrected chi connectivity index (χ3v) is 4.17. The van der Waals surface area contributed by atoms with E-state index in [9.17, 15) is 0 Å². The highest BCUT2D eigenvalue weighted by Gasteiger charge is 2.23. The molecule has 2 heterocycles. The minimum atomic E-state index is 0.875. The molecule has 2 aliphatic rings. The van der Waals surface area contributed by atoms with Gasteiger partial charge in [0.15, 0.2) is 0 Å². The van der Waals surface area contributed by atoms with Crippen LogP contribution in [0.25, 0.3) is 0 Å². The summed E-state index contributed by atoms with van der Waals surface area (Å²) >= 11 is 0. The average Bonchev–Trinajstić information content (AvgIpc) is 2.25. The fraction of sp³-hybridized carbons (Fsp3) is 1.00. The lowest BCUT2D eigenvalue weighted by Gasteiger charge is -2.39. The van der Waals surface area contributed by atoms with E-state index in [1.54, 1.807) is 0 Å². The Labute approximate surface area is 100 Å². The molecule has 2 aliphatic heterocycles. The molecule has 0 aromatic carbocycles. The van der Waals surface area contributed by atoms with Gasteiger partial charge in [-0.25, -0.2) is 0 Å². The Hall–Kier alpha value is -0.120. The summed E-state index contributed by atoms with van der Waals surface area (Å²) in [6, 6.07) is 0.875. The molecule has 3 nitrogen and oxygen atoms in total. The molecule has 0 amide bonds.